The summed E-state index contributed by atoms with van der Waals surface area (Å²) >= 11 is 6.46. The van der Waals surface area contributed by atoms with Crippen LogP contribution in [-0.2, 0) is 40.3 Å². The monoisotopic (exact) mass is 973 g/mol. The molecule has 0 bridgehead atoms. The van der Waals surface area contributed by atoms with Gasteiger partial charge in [0, 0.05) is 68.8 Å². The van der Waals surface area contributed by atoms with Gasteiger partial charge in [-0.2, -0.15) is 15.3 Å². The number of hydrogen-bond acceptors (Lipinski definition) is 15. The van der Waals surface area contributed by atoms with E-state index in [1.165, 1.54) is 29.7 Å². The van der Waals surface area contributed by atoms with Crippen molar-refractivity contribution in [2.45, 2.75) is 54.4 Å². The first-order chi connectivity index (χ1) is 29.8. The summed E-state index contributed by atoms with van der Waals surface area (Å²) in [6.07, 6.45) is 21.2. The molecular formula is C39H45BBrN15O4S3. The second-order valence-electron chi connectivity index (χ2n) is 15.2. The molecule has 10 heterocycles. The van der Waals surface area contributed by atoms with Crippen molar-refractivity contribution in [1.82, 2.24) is 73.1 Å². The normalized spacial score (nSPS) is 14.3. The van der Waals surface area contributed by atoms with Crippen molar-refractivity contribution in [3.63, 3.8) is 0 Å². The summed E-state index contributed by atoms with van der Waals surface area (Å²) < 4.78 is 46.2. The number of rotatable bonds is 6. The Morgan fingerprint density at radius 3 is 1.51 bits per heavy atom. The fourth-order valence-electron chi connectivity index (χ4n) is 6.07. The van der Waals surface area contributed by atoms with Crippen molar-refractivity contribution in [3.8, 4) is 22.5 Å². The summed E-state index contributed by atoms with van der Waals surface area (Å²) in [4.78, 5) is 12.2. The van der Waals surface area contributed by atoms with Crippen molar-refractivity contribution in [3.05, 3.63) is 96.8 Å². The SMILES string of the molecule is CSc1ncc2ccc(-c3cnn(C)c3)n2n1.CSc1ncc2ccc(Br)n2n1.Cn1cc(-c2ccc3cnc(S(C)(=O)=O)nn23)cn1.Cn1cc(B2OC(C)(C)C(C)(C)O2)cn1. The molecule has 328 valence electrons. The molecule has 0 aliphatic carbocycles. The smallest absolute Gasteiger partial charge is 0.399 e. The van der Waals surface area contributed by atoms with Crippen LogP contribution in [0.1, 0.15) is 27.7 Å². The number of aromatic nitrogens is 15. The van der Waals surface area contributed by atoms with Gasteiger partial charge in [0.1, 0.15) is 4.60 Å². The van der Waals surface area contributed by atoms with Crippen molar-refractivity contribution in [1.29, 1.82) is 0 Å². The van der Waals surface area contributed by atoms with Crippen LogP contribution in [0.3, 0.4) is 0 Å². The Morgan fingerprint density at radius 1 is 0.603 bits per heavy atom. The third-order valence-corrected chi connectivity index (χ3v) is 12.6. The highest BCUT2D eigenvalue weighted by Gasteiger charge is 2.52. The molecule has 0 radical (unpaired) electrons. The molecule has 0 unspecified atom stereocenters. The van der Waals surface area contributed by atoms with Gasteiger partial charge in [-0.05, 0) is 92.5 Å². The van der Waals surface area contributed by atoms with Gasteiger partial charge in [0.05, 0.1) is 70.1 Å². The molecule has 0 aromatic carbocycles. The van der Waals surface area contributed by atoms with Gasteiger partial charge in [-0.3, -0.25) is 14.0 Å². The number of fused-ring (bicyclic) bond motifs is 3. The molecule has 63 heavy (non-hydrogen) atoms. The highest BCUT2D eigenvalue weighted by atomic mass is 79.9. The Labute approximate surface area is 380 Å². The molecule has 10 rings (SSSR count). The fraction of sp³-hybridized carbons (Fsp3) is 0.308. The molecule has 9 aromatic heterocycles. The van der Waals surface area contributed by atoms with Gasteiger partial charge < -0.3 is 9.31 Å². The lowest BCUT2D eigenvalue weighted by atomic mass is 9.82. The van der Waals surface area contributed by atoms with Crippen LogP contribution in [-0.4, -0.2) is 119 Å². The Hall–Kier alpha value is -5.40. The highest BCUT2D eigenvalue weighted by Crippen LogP contribution is 2.36. The molecule has 0 atom stereocenters. The molecule has 0 N–H and O–H groups in total. The zero-order valence-electron chi connectivity index (χ0n) is 36.2. The van der Waals surface area contributed by atoms with Crippen LogP contribution in [0.25, 0.3) is 39.1 Å². The summed E-state index contributed by atoms with van der Waals surface area (Å²) in [5, 5.41) is 26.5. The molecule has 9 aromatic rings. The largest absolute Gasteiger partial charge is 0.498 e. The highest BCUT2D eigenvalue weighted by molar-refractivity contribution is 9.10. The van der Waals surface area contributed by atoms with Crippen LogP contribution in [0.2, 0.25) is 0 Å². The lowest BCUT2D eigenvalue weighted by Gasteiger charge is -2.32. The van der Waals surface area contributed by atoms with E-state index in [1.807, 2.05) is 144 Å². The fourth-order valence-corrected chi connectivity index (χ4v) is 7.60. The van der Waals surface area contributed by atoms with Crippen LogP contribution in [0.5, 0.6) is 0 Å². The molecule has 1 fully saturated rings. The molecular weight excluding hydrogens is 929 g/mol. The van der Waals surface area contributed by atoms with Crippen LogP contribution in [0.15, 0.2) is 112 Å². The third kappa shape index (κ3) is 10.2. The summed E-state index contributed by atoms with van der Waals surface area (Å²) in [6.45, 7) is 8.18. The van der Waals surface area contributed by atoms with E-state index in [-0.39, 0.29) is 23.5 Å². The zero-order valence-corrected chi connectivity index (χ0v) is 40.2. The molecule has 24 heteroatoms. The lowest BCUT2D eigenvalue weighted by molar-refractivity contribution is 0.00578. The second-order valence-corrected chi connectivity index (χ2v) is 19.5. The van der Waals surface area contributed by atoms with Gasteiger partial charge >= 0.3 is 7.12 Å². The van der Waals surface area contributed by atoms with Crippen LogP contribution < -0.4 is 5.46 Å². The van der Waals surface area contributed by atoms with Gasteiger partial charge in [0.15, 0.2) is 0 Å². The minimum absolute atomic E-state index is 0.193. The predicted octanol–water partition coefficient (Wildman–Crippen LogP) is 5.32. The number of halogens is 1. The van der Waals surface area contributed by atoms with E-state index in [0.717, 1.165) is 65.7 Å². The van der Waals surface area contributed by atoms with Gasteiger partial charge in [-0.25, -0.2) is 36.9 Å². The van der Waals surface area contributed by atoms with Crippen LogP contribution in [0.4, 0.5) is 0 Å². The van der Waals surface area contributed by atoms with E-state index in [9.17, 15) is 8.42 Å². The van der Waals surface area contributed by atoms with Crippen molar-refractivity contribution >= 4 is 78.4 Å². The van der Waals surface area contributed by atoms with Crippen molar-refractivity contribution in [2.24, 2.45) is 21.1 Å². The quantitative estimate of drug-likeness (QED) is 0.153. The predicted molar refractivity (Wildman–Crippen MR) is 247 cm³/mol. The Kier molecular flexibility index (Phi) is 13.3. The first kappa shape index (κ1) is 45.6. The van der Waals surface area contributed by atoms with Crippen molar-refractivity contribution < 1.29 is 17.7 Å². The van der Waals surface area contributed by atoms with Gasteiger partial charge in [0.25, 0.3) is 5.16 Å². The molecule has 1 aliphatic rings. The number of nitrogens with zero attached hydrogens (tertiary/aromatic N) is 15. The standard InChI is InChI=1S/C11H11N5O2S.C11H11N5S.C10H17BN2O2.C7H6BrN3S/c1-15-7-8(5-13-15)10-4-3-9-6-12-11(14-16(9)10)19(2,17)18;1-15-7-8(5-13-15)10-4-3-9-6-12-11(17-2)14-16(9)10;1-9(2)10(3,4)15-11(14-9)8-6-12-13(5)7-8;1-12-7-9-4-5-2-3-6(8)11(5)10-7/h3-7H,1-2H3;3-7H,1-2H3;6-7H,1-5H3;2-4H,1H3. The molecule has 0 amide bonds. The van der Waals surface area contributed by atoms with E-state index < -0.39 is 9.84 Å². The maximum atomic E-state index is 11.5. The second kappa shape index (κ2) is 18.4. The number of sulfone groups is 1. The molecule has 1 aliphatic heterocycles. The van der Waals surface area contributed by atoms with E-state index in [4.69, 9.17) is 9.31 Å². The topological polar surface area (TPSA) is 197 Å². The summed E-state index contributed by atoms with van der Waals surface area (Å²) in [7, 11) is 1.87. The van der Waals surface area contributed by atoms with Crippen LogP contribution >= 0.6 is 39.5 Å². The number of hydrogen-bond donors (Lipinski definition) is 0. The van der Waals surface area contributed by atoms with Gasteiger partial charge in [-0.15, -0.1) is 15.3 Å². The minimum atomic E-state index is -3.43. The maximum absolute atomic E-state index is 11.5. The Balaban J connectivity index is 0.000000128. The summed E-state index contributed by atoms with van der Waals surface area (Å²) in [5.74, 6) is 0. The molecule has 1 saturated heterocycles. The number of aryl methyl sites for hydroxylation is 3. The first-order valence-electron chi connectivity index (χ1n) is 19.2. The zero-order chi connectivity index (χ0) is 45.3. The summed E-state index contributed by atoms with van der Waals surface area (Å²) in [5.41, 5.74) is 6.84. The molecule has 0 spiro atoms. The van der Waals surface area contributed by atoms with E-state index >= 15 is 0 Å². The van der Waals surface area contributed by atoms with E-state index in [1.54, 1.807) is 31.0 Å². The molecule has 19 nitrogen and oxygen atoms in total. The minimum Gasteiger partial charge on any atom is -0.399 e. The Morgan fingerprint density at radius 2 is 1.05 bits per heavy atom. The van der Waals surface area contributed by atoms with E-state index in [2.05, 4.69) is 61.5 Å². The number of thioether (sulfide) groups is 2. The van der Waals surface area contributed by atoms with Gasteiger partial charge in [-0.1, -0.05) is 23.5 Å². The average molecular weight is 975 g/mol. The third-order valence-electron chi connectivity index (χ3n) is 10.0. The van der Waals surface area contributed by atoms with Gasteiger partial charge in [0.2, 0.25) is 20.2 Å². The van der Waals surface area contributed by atoms with Crippen LogP contribution in [0, 0.1) is 0 Å². The van der Waals surface area contributed by atoms with E-state index in [0.29, 0.717) is 0 Å². The lowest BCUT2D eigenvalue weighted by Crippen LogP contribution is -2.41. The Bertz CT molecular complexity index is 3120. The first-order valence-corrected chi connectivity index (χ1v) is 24.3. The maximum Gasteiger partial charge on any atom is 0.498 e. The average Bonchev–Trinajstić information content (AvgIpc) is 4.12. The molecule has 0 saturated carbocycles. The van der Waals surface area contributed by atoms with Crippen molar-refractivity contribution in [2.75, 3.05) is 18.8 Å². The summed E-state index contributed by atoms with van der Waals surface area (Å²) in [6, 6.07) is 11.6.